The summed E-state index contributed by atoms with van der Waals surface area (Å²) in [4.78, 5) is 32.2. The fraction of sp³-hybridized carbons (Fsp3) is 0.667. The van der Waals surface area contributed by atoms with E-state index in [0.717, 1.165) is 0 Å². The average Bonchev–Trinajstić information content (AvgIpc) is 2.34. The van der Waals surface area contributed by atoms with Gasteiger partial charge in [0.25, 0.3) is 0 Å². The lowest BCUT2D eigenvalue weighted by Crippen LogP contribution is -2.19. The molecular weight excluding hydrogens is 188 g/mol. The van der Waals surface area contributed by atoms with Gasteiger partial charge in [0.15, 0.2) is 0 Å². The first-order valence-electron chi connectivity index (χ1n) is 4.48. The van der Waals surface area contributed by atoms with Crippen molar-refractivity contribution in [2.75, 3.05) is 0 Å². The molecule has 2 unspecified atom stereocenters. The molecule has 0 saturated heterocycles. The molecule has 0 aromatic heterocycles. The molecule has 0 heterocycles. The number of rotatable bonds is 4. The molecule has 5 heteroatoms. The van der Waals surface area contributed by atoms with Crippen LogP contribution < -0.4 is 0 Å². The minimum absolute atomic E-state index is 0.172. The van der Waals surface area contributed by atoms with Crippen LogP contribution >= 0.6 is 0 Å². The highest BCUT2D eigenvalue weighted by Gasteiger charge is 2.36. The molecule has 1 fully saturated rings. The first kappa shape index (κ1) is 10.7. The monoisotopic (exact) mass is 200 g/mol. The minimum atomic E-state index is -1.00. The summed E-state index contributed by atoms with van der Waals surface area (Å²) in [5.74, 6) is -3.15. The highest BCUT2D eigenvalue weighted by atomic mass is 16.4. The van der Waals surface area contributed by atoms with Crippen LogP contribution in [0.4, 0.5) is 0 Å². The summed E-state index contributed by atoms with van der Waals surface area (Å²) in [5.41, 5.74) is 0. The van der Waals surface area contributed by atoms with Gasteiger partial charge in [-0.3, -0.25) is 14.4 Å². The van der Waals surface area contributed by atoms with Crippen LogP contribution in [0.2, 0.25) is 0 Å². The zero-order valence-electron chi connectivity index (χ0n) is 7.60. The van der Waals surface area contributed by atoms with Crippen LogP contribution in [0.3, 0.4) is 0 Å². The number of carboxylic acid groups (broad SMARTS) is 2. The number of ketones is 1. The molecule has 0 aromatic rings. The SMILES string of the molecule is O=C(O)CC1CCC(CC(=O)O)C1=O. The summed E-state index contributed by atoms with van der Waals surface area (Å²) < 4.78 is 0. The quantitative estimate of drug-likeness (QED) is 0.690. The Balaban J connectivity index is 2.51. The Morgan fingerprint density at radius 2 is 1.43 bits per heavy atom. The smallest absolute Gasteiger partial charge is 0.304 e. The zero-order chi connectivity index (χ0) is 10.7. The van der Waals surface area contributed by atoms with E-state index in [-0.39, 0.29) is 18.6 Å². The Bertz CT molecular complexity index is 244. The van der Waals surface area contributed by atoms with E-state index in [4.69, 9.17) is 10.2 Å². The van der Waals surface area contributed by atoms with Crippen molar-refractivity contribution >= 4 is 17.7 Å². The third-order valence-electron chi connectivity index (χ3n) is 2.51. The van der Waals surface area contributed by atoms with Gasteiger partial charge in [0.1, 0.15) is 5.78 Å². The second kappa shape index (κ2) is 4.21. The van der Waals surface area contributed by atoms with Crippen LogP contribution in [0.15, 0.2) is 0 Å². The van der Waals surface area contributed by atoms with Crippen LogP contribution in [0.1, 0.15) is 25.7 Å². The Hall–Kier alpha value is -1.39. The number of aliphatic carboxylic acids is 2. The second-order valence-corrected chi connectivity index (χ2v) is 3.57. The van der Waals surface area contributed by atoms with Crippen molar-refractivity contribution in [1.82, 2.24) is 0 Å². The Morgan fingerprint density at radius 1 is 1.07 bits per heavy atom. The minimum Gasteiger partial charge on any atom is -0.481 e. The van der Waals surface area contributed by atoms with Gasteiger partial charge in [-0.15, -0.1) is 0 Å². The van der Waals surface area contributed by atoms with Crippen LogP contribution in [0.5, 0.6) is 0 Å². The number of carbonyl (C=O) groups excluding carboxylic acids is 1. The largest absolute Gasteiger partial charge is 0.481 e. The van der Waals surface area contributed by atoms with Gasteiger partial charge >= 0.3 is 11.9 Å². The molecule has 0 aromatic carbocycles. The maximum Gasteiger partial charge on any atom is 0.304 e. The highest BCUT2D eigenvalue weighted by molar-refractivity contribution is 5.90. The molecule has 0 amide bonds. The van der Waals surface area contributed by atoms with Gasteiger partial charge < -0.3 is 10.2 Å². The van der Waals surface area contributed by atoms with Crippen molar-refractivity contribution < 1.29 is 24.6 Å². The summed E-state index contributed by atoms with van der Waals surface area (Å²) in [6.45, 7) is 0. The van der Waals surface area contributed by atoms with Gasteiger partial charge in [-0.05, 0) is 12.8 Å². The summed E-state index contributed by atoms with van der Waals surface area (Å²) in [6.07, 6.45) is 0.663. The lowest BCUT2D eigenvalue weighted by molar-refractivity contribution is -0.141. The summed E-state index contributed by atoms with van der Waals surface area (Å²) in [5, 5.41) is 17.0. The summed E-state index contributed by atoms with van der Waals surface area (Å²) in [6, 6.07) is 0. The van der Waals surface area contributed by atoms with E-state index in [1.54, 1.807) is 0 Å². The van der Waals surface area contributed by atoms with E-state index >= 15 is 0 Å². The van der Waals surface area contributed by atoms with Gasteiger partial charge in [0.2, 0.25) is 0 Å². The maximum atomic E-state index is 11.4. The molecule has 0 spiro atoms. The van der Waals surface area contributed by atoms with E-state index < -0.39 is 23.8 Å². The van der Waals surface area contributed by atoms with Crippen molar-refractivity contribution in [2.24, 2.45) is 11.8 Å². The number of carboxylic acids is 2. The predicted molar refractivity (Wildman–Crippen MR) is 45.7 cm³/mol. The Labute approximate surface area is 80.7 Å². The molecule has 1 rings (SSSR count). The van der Waals surface area contributed by atoms with Gasteiger partial charge in [-0.25, -0.2) is 0 Å². The fourth-order valence-corrected chi connectivity index (χ4v) is 1.85. The number of Topliss-reactive ketones (excluding diaryl/α,β-unsaturated/α-hetero) is 1. The third kappa shape index (κ3) is 2.55. The van der Waals surface area contributed by atoms with Crippen LogP contribution in [0.25, 0.3) is 0 Å². The van der Waals surface area contributed by atoms with Crippen molar-refractivity contribution in [2.45, 2.75) is 25.7 Å². The lowest BCUT2D eigenvalue weighted by Gasteiger charge is -2.05. The molecule has 2 N–H and O–H groups in total. The number of carbonyl (C=O) groups is 3. The molecule has 0 bridgehead atoms. The first-order chi connectivity index (χ1) is 6.50. The fourth-order valence-electron chi connectivity index (χ4n) is 1.85. The van der Waals surface area contributed by atoms with Crippen LogP contribution in [-0.2, 0) is 14.4 Å². The summed E-state index contributed by atoms with van der Waals surface area (Å²) >= 11 is 0. The average molecular weight is 200 g/mol. The first-order valence-corrected chi connectivity index (χ1v) is 4.48. The van der Waals surface area contributed by atoms with E-state index in [9.17, 15) is 14.4 Å². The van der Waals surface area contributed by atoms with Gasteiger partial charge in [0, 0.05) is 11.8 Å². The maximum absolute atomic E-state index is 11.4. The van der Waals surface area contributed by atoms with Crippen LogP contribution in [-0.4, -0.2) is 27.9 Å². The van der Waals surface area contributed by atoms with E-state index in [0.29, 0.717) is 12.8 Å². The molecule has 14 heavy (non-hydrogen) atoms. The number of hydrogen-bond donors (Lipinski definition) is 2. The molecule has 1 saturated carbocycles. The van der Waals surface area contributed by atoms with Crippen molar-refractivity contribution in [3.8, 4) is 0 Å². The second-order valence-electron chi connectivity index (χ2n) is 3.57. The van der Waals surface area contributed by atoms with Crippen molar-refractivity contribution in [1.29, 1.82) is 0 Å². The normalized spacial score (nSPS) is 26.4. The summed E-state index contributed by atoms with van der Waals surface area (Å²) in [7, 11) is 0. The van der Waals surface area contributed by atoms with Gasteiger partial charge in [0.05, 0.1) is 12.8 Å². The topological polar surface area (TPSA) is 91.7 Å². The van der Waals surface area contributed by atoms with Gasteiger partial charge in [-0.1, -0.05) is 0 Å². The third-order valence-corrected chi connectivity index (χ3v) is 2.51. The van der Waals surface area contributed by atoms with E-state index in [1.807, 2.05) is 0 Å². The molecule has 5 nitrogen and oxygen atoms in total. The van der Waals surface area contributed by atoms with Crippen LogP contribution in [0, 0.1) is 11.8 Å². The van der Waals surface area contributed by atoms with Crippen molar-refractivity contribution in [3.63, 3.8) is 0 Å². The van der Waals surface area contributed by atoms with E-state index in [1.165, 1.54) is 0 Å². The molecular formula is C9H12O5. The molecule has 1 aliphatic rings. The highest BCUT2D eigenvalue weighted by Crippen LogP contribution is 2.31. The lowest BCUT2D eigenvalue weighted by atomic mass is 9.98. The molecule has 1 aliphatic carbocycles. The standard InChI is InChI=1S/C9H12O5/c10-7(11)3-5-1-2-6(9(5)14)4-8(12)13/h5-6H,1-4H2,(H,10,11)(H,12,13). The molecule has 2 atom stereocenters. The number of hydrogen-bond acceptors (Lipinski definition) is 3. The van der Waals surface area contributed by atoms with E-state index in [2.05, 4.69) is 0 Å². The Kier molecular flexibility index (Phi) is 3.22. The molecule has 0 radical (unpaired) electrons. The Morgan fingerprint density at radius 3 is 1.71 bits per heavy atom. The molecule has 0 aliphatic heterocycles. The van der Waals surface area contributed by atoms with Gasteiger partial charge in [-0.2, -0.15) is 0 Å². The zero-order valence-corrected chi connectivity index (χ0v) is 7.60. The molecule has 78 valence electrons. The predicted octanol–water partition coefficient (Wildman–Crippen LogP) is 0.531. The van der Waals surface area contributed by atoms with Crippen molar-refractivity contribution in [3.05, 3.63) is 0 Å².